The first-order chi connectivity index (χ1) is 11.6. The molecule has 3 N–H and O–H groups in total. The van der Waals surface area contributed by atoms with Crippen LogP contribution in [0.1, 0.15) is 73.3 Å². The molecule has 0 radical (unpaired) electrons. The van der Waals surface area contributed by atoms with Crippen molar-refractivity contribution in [2.75, 3.05) is 0 Å². The van der Waals surface area contributed by atoms with Crippen LogP contribution in [0.15, 0.2) is 10.7 Å². The van der Waals surface area contributed by atoms with Crippen LogP contribution in [0.5, 0.6) is 0 Å². The summed E-state index contributed by atoms with van der Waals surface area (Å²) in [5.41, 5.74) is 6.22. The highest BCUT2D eigenvalue weighted by molar-refractivity contribution is 5.92. The standard InChI is InChI=1S/C15H23N7O2/c1-3-12(15-17-9(2)20-24-15)18-14(23)13-8-22(21-19-13)11-6-4-10(16)5-7-11/h8,10-12H,3-7,16H2,1-2H3,(H,18,23)/t10?,11?,12-/m1/s1. The van der Waals surface area contributed by atoms with Gasteiger partial charge in [-0.2, -0.15) is 4.98 Å². The van der Waals surface area contributed by atoms with Gasteiger partial charge in [-0.05, 0) is 39.0 Å². The molecule has 0 spiro atoms. The van der Waals surface area contributed by atoms with E-state index in [2.05, 4.69) is 25.8 Å². The minimum Gasteiger partial charge on any atom is -0.339 e. The van der Waals surface area contributed by atoms with Gasteiger partial charge in [0.05, 0.1) is 12.2 Å². The summed E-state index contributed by atoms with van der Waals surface area (Å²) in [6.45, 7) is 3.68. The molecule has 130 valence electrons. The number of nitrogens with one attached hydrogen (secondary N) is 1. The van der Waals surface area contributed by atoms with E-state index in [4.69, 9.17) is 10.3 Å². The van der Waals surface area contributed by atoms with Crippen LogP contribution < -0.4 is 11.1 Å². The Balaban J connectivity index is 1.65. The van der Waals surface area contributed by atoms with Crippen molar-refractivity contribution in [2.24, 2.45) is 5.73 Å². The molecule has 9 nitrogen and oxygen atoms in total. The van der Waals surface area contributed by atoms with Crippen molar-refractivity contribution in [2.45, 2.75) is 64.1 Å². The fourth-order valence-corrected chi connectivity index (χ4v) is 2.95. The number of aromatic nitrogens is 5. The fraction of sp³-hybridized carbons (Fsp3) is 0.667. The molecular weight excluding hydrogens is 310 g/mol. The van der Waals surface area contributed by atoms with E-state index in [1.165, 1.54) is 0 Å². The third-order valence-electron chi connectivity index (χ3n) is 4.41. The zero-order chi connectivity index (χ0) is 17.1. The van der Waals surface area contributed by atoms with Crippen LogP contribution in [-0.2, 0) is 0 Å². The molecular formula is C15H23N7O2. The third-order valence-corrected chi connectivity index (χ3v) is 4.41. The van der Waals surface area contributed by atoms with Crippen molar-refractivity contribution in [1.29, 1.82) is 0 Å². The van der Waals surface area contributed by atoms with Crippen molar-refractivity contribution in [3.63, 3.8) is 0 Å². The van der Waals surface area contributed by atoms with Gasteiger partial charge in [-0.15, -0.1) is 5.10 Å². The Bertz CT molecular complexity index is 688. The number of carbonyl (C=O) groups is 1. The zero-order valence-corrected chi connectivity index (χ0v) is 14.0. The minimum atomic E-state index is -0.337. The lowest BCUT2D eigenvalue weighted by atomic mass is 9.92. The summed E-state index contributed by atoms with van der Waals surface area (Å²) in [7, 11) is 0. The van der Waals surface area contributed by atoms with Crippen LogP contribution >= 0.6 is 0 Å². The van der Waals surface area contributed by atoms with Crippen LogP contribution in [-0.4, -0.2) is 37.1 Å². The maximum atomic E-state index is 12.4. The largest absolute Gasteiger partial charge is 0.339 e. The van der Waals surface area contributed by atoms with Crippen molar-refractivity contribution in [3.05, 3.63) is 23.6 Å². The molecule has 1 atom stereocenters. The minimum absolute atomic E-state index is 0.263. The Hall–Kier alpha value is -2.29. The molecule has 1 fully saturated rings. The molecule has 2 aromatic rings. The zero-order valence-electron chi connectivity index (χ0n) is 14.0. The number of aryl methyl sites for hydroxylation is 1. The Morgan fingerprint density at radius 1 is 1.46 bits per heavy atom. The summed E-state index contributed by atoms with van der Waals surface area (Å²) >= 11 is 0. The number of hydrogen-bond donors (Lipinski definition) is 2. The topological polar surface area (TPSA) is 125 Å². The maximum absolute atomic E-state index is 12.4. The highest BCUT2D eigenvalue weighted by Gasteiger charge is 2.24. The van der Waals surface area contributed by atoms with Gasteiger partial charge in [0, 0.05) is 6.04 Å². The van der Waals surface area contributed by atoms with Crippen LogP contribution in [0.25, 0.3) is 0 Å². The second-order valence-electron chi connectivity index (χ2n) is 6.27. The van der Waals surface area contributed by atoms with Gasteiger partial charge < -0.3 is 15.6 Å². The molecule has 2 aromatic heterocycles. The molecule has 0 unspecified atom stereocenters. The predicted molar refractivity (Wildman–Crippen MR) is 85.0 cm³/mol. The Kier molecular flexibility index (Phi) is 4.89. The average molecular weight is 333 g/mol. The number of carbonyl (C=O) groups excluding carboxylic acids is 1. The van der Waals surface area contributed by atoms with Gasteiger partial charge in [0.2, 0.25) is 5.89 Å². The molecule has 2 heterocycles. The monoisotopic (exact) mass is 333 g/mol. The number of nitrogens with zero attached hydrogens (tertiary/aromatic N) is 5. The van der Waals surface area contributed by atoms with Crippen molar-refractivity contribution in [1.82, 2.24) is 30.5 Å². The number of rotatable bonds is 5. The Morgan fingerprint density at radius 3 is 2.83 bits per heavy atom. The number of amides is 1. The van der Waals surface area contributed by atoms with Gasteiger partial charge in [0.1, 0.15) is 6.04 Å². The van der Waals surface area contributed by atoms with E-state index in [1.54, 1.807) is 17.8 Å². The van der Waals surface area contributed by atoms with E-state index in [1.807, 2.05) is 6.92 Å². The van der Waals surface area contributed by atoms with E-state index in [0.29, 0.717) is 23.8 Å². The van der Waals surface area contributed by atoms with E-state index < -0.39 is 0 Å². The van der Waals surface area contributed by atoms with Gasteiger partial charge >= 0.3 is 0 Å². The van der Waals surface area contributed by atoms with Gasteiger partial charge in [-0.3, -0.25) is 4.79 Å². The third kappa shape index (κ3) is 3.61. The summed E-state index contributed by atoms with van der Waals surface area (Å²) in [5, 5.41) is 14.7. The van der Waals surface area contributed by atoms with Crippen LogP contribution in [0.4, 0.5) is 0 Å². The van der Waals surface area contributed by atoms with Crippen molar-refractivity contribution < 1.29 is 9.32 Å². The van der Waals surface area contributed by atoms with Crippen molar-refractivity contribution in [3.8, 4) is 0 Å². The normalized spacial score (nSPS) is 22.3. The lowest BCUT2D eigenvalue weighted by molar-refractivity contribution is 0.0922. The van der Waals surface area contributed by atoms with Crippen molar-refractivity contribution >= 4 is 5.91 Å². The maximum Gasteiger partial charge on any atom is 0.274 e. The second-order valence-corrected chi connectivity index (χ2v) is 6.27. The van der Waals surface area contributed by atoms with Gasteiger partial charge in [0.15, 0.2) is 11.5 Å². The number of nitrogens with two attached hydrogens (primary N) is 1. The molecule has 1 aliphatic rings. The molecule has 0 aliphatic heterocycles. The second kappa shape index (κ2) is 7.08. The average Bonchev–Trinajstić information content (AvgIpc) is 3.22. The van der Waals surface area contributed by atoms with Crippen LogP contribution in [0, 0.1) is 6.92 Å². The van der Waals surface area contributed by atoms with Gasteiger partial charge in [-0.1, -0.05) is 17.3 Å². The summed E-state index contributed by atoms with van der Waals surface area (Å²) < 4.78 is 6.91. The lowest BCUT2D eigenvalue weighted by Gasteiger charge is -2.25. The summed E-state index contributed by atoms with van der Waals surface area (Å²) in [4.78, 5) is 16.6. The van der Waals surface area contributed by atoms with Crippen LogP contribution in [0.2, 0.25) is 0 Å². The quantitative estimate of drug-likeness (QED) is 0.844. The molecule has 1 saturated carbocycles. The highest BCUT2D eigenvalue weighted by Crippen LogP contribution is 2.26. The van der Waals surface area contributed by atoms with E-state index in [-0.39, 0.29) is 24.0 Å². The highest BCUT2D eigenvalue weighted by atomic mass is 16.5. The van der Waals surface area contributed by atoms with Gasteiger partial charge in [0.25, 0.3) is 5.91 Å². The summed E-state index contributed by atoms with van der Waals surface area (Å²) in [5.74, 6) is 0.646. The SMILES string of the molecule is CC[C@@H](NC(=O)c1cn(C2CCC(N)CC2)nn1)c1nc(C)no1. The fourth-order valence-electron chi connectivity index (χ4n) is 2.95. The predicted octanol–water partition coefficient (Wildman–Crippen LogP) is 1.29. The Morgan fingerprint density at radius 2 is 2.21 bits per heavy atom. The lowest BCUT2D eigenvalue weighted by Crippen LogP contribution is -2.29. The first kappa shape index (κ1) is 16.6. The van der Waals surface area contributed by atoms with E-state index in [9.17, 15) is 4.79 Å². The summed E-state index contributed by atoms with van der Waals surface area (Å²) in [6.07, 6.45) is 6.21. The van der Waals surface area contributed by atoms with Gasteiger partial charge in [-0.25, -0.2) is 4.68 Å². The smallest absolute Gasteiger partial charge is 0.274 e. The molecule has 1 aliphatic carbocycles. The molecule has 0 saturated heterocycles. The molecule has 24 heavy (non-hydrogen) atoms. The van der Waals surface area contributed by atoms with E-state index in [0.717, 1.165) is 25.7 Å². The first-order valence-corrected chi connectivity index (χ1v) is 8.35. The molecule has 0 aromatic carbocycles. The molecule has 0 bridgehead atoms. The number of hydrogen-bond acceptors (Lipinski definition) is 7. The Labute approximate surface area is 140 Å². The molecule has 9 heteroatoms. The summed E-state index contributed by atoms with van der Waals surface area (Å²) in [6, 6.07) is 0.201. The first-order valence-electron chi connectivity index (χ1n) is 8.35. The van der Waals surface area contributed by atoms with Crippen LogP contribution in [0.3, 0.4) is 0 Å². The molecule has 3 rings (SSSR count). The molecule has 1 amide bonds. The van der Waals surface area contributed by atoms with E-state index >= 15 is 0 Å².